The van der Waals surface area contributed by atoms with Crippen LogP contribution in [-0.2, 0) is 0 Å². The van der Waals surface area contributed by atoms with E-state index in [-0.39, 0.29) is 0 Å². The second-order valence-electron chi connectivity index (χ2n) is 2.14. The van der Waals surface area contributed by atoms with Gasteiger partial charge in [0.05, 0.1) is 0 Å². The van der Waals surface area contributed by atoms with E-state index in [4.69, 9.17) is 0 Å². The zero-order chi connectivity index (χ0) is 4.41. The van der Waals surface area contributed by atoms with E-state index in [0.29, 0.717) is 0 Å². The maximum absolute atomic E-state index is 2.40. The van der Waals surface area contributed by atoms with Gasteiger partial charge in [0, 0.05) is 0 Å². The Morgan fingerprint density at radius 1 is 1.67 bits per heavy atom. The van der Waals surface area contributed by atoms with Crippen molar-refractivity contribution in [3.63, 3.8) is 0 Å². The summed E-state index contributed by atoms with van der Waals surface area (Å²) in [7, 11) is 2.40. The highest BCUT2D eigenvalue weighted by molar-refractivity contribution is 6.38. The SMILES string of the molecule is C[C@@H]1[B]CCC1. The second kappa shape index (κ2) is 1.68. The van der Waals surface area contributed by atoms with Gasteiger partial charge in [-0.3, -0.25) is 0 Å². The van der Waals surface area contributed by atoms with E-state index in [1.165, 1.54) is 19.2 Å². The van der Waals surface area contributed by atoms with Gasteiger partial charge >= 0.3 is 0 Å². The Morgan fingerprint density at radius 3 is 2.67 bits per heavy atom. The number of hydrogen-bond donors (Lipinski definition) is 0. The summed E-state index contributed by atoms with van der Waals surface area (Å²) >= 11 is 0. The summed E-state index contributed by atoms with van der Waals surface area (Å²) in [5, 5.41) is 0. The molecule has 1 rings (SSSR count). The molecule has 0 spiro atoms. The first-order valence-corrected chi connectivity index (χ1v) is 2.73. The van der Waals surface area contributed by atoms with Crippen molar-refractivity contribution in [3.8, 4) is 0 Å². The molecule has 0 aromatic rings. The quantitative estimate of drug-likeness (QED) is 0.389. The lowest BCUT2D eigenvalue weighted by Gasteiger charge is -1.90. The maximum atomic E-state index is 2.40. The molecule has 0 N–H and O–H groups in total. The predicted octanol–water partition coefficient (Wildman–Crippen LogP) is 1.71. The molecule has 1 radical (unpaired) electrons. The van der Waals surface area contributed by atoms with E-state index in [2.05, 4.69) is 14.2 Å². The van der Waals surface area contributed by atoms with Gasteiger partial charge in [-0.05, 0) is 0 Å². The Morgan fingerprint density at radius 2 is 2.50 bits per heavy atom. The van der Waals surface area contributed by atoms with Crippen molar-refractivity contribution >= 4 is 7.28 Å². The summed E-state index contributed by atoms with van der Waals surface area (Å²) < 4.78 is 0. The second-order valence-corrected chi connectivity index (χ2v) is 2.14. The Kier molecular flexibility index (Phi) is 1.18. The molecule has 6 heavy (non-hydrogen) atoms. The standard InChI is InChI=1S/C5H10B/c1-5-3-2-4-6-5/h5H,2-4H2,1H3/t5-/m0/s1. The van der Waals surface area contributed by atoms with Crippen LogP contribution in [0.1, 0.15) is 19.8 Å². The fraction of sp³-hybridized carbons (Fsp3) is 1.00. The van der Waals surface area contributed by atoms with Gasteiger partial charge in [-0.25, -0.2) is 0 Å². The zero-order valence-electron chi connectivity index (χ0n) is 4.28. The molecule has 0 unspecified atom stereocenters. The Labute approximate surface area is 40.2 Å². The third-order valence-electron chi connectivity index (χ3n) is 1.43. The fourth-order valence-electron chi connectivity index (χ4n) is 0.960. The van der Waals surface area contributed by atoms with E-state index in [1.54, 1.807) is 0 Å². The van der Waals surface area contributed by atoms with Crippen LogP contribution in [0.4, 0.5) is 0 Å². The maximum Gasteiger partial charge on any atom is 0.113 e. The van der Waals surface area contributed by atoms with E-state index >= 15 is 0 Å². The van der Waals surface area contributed by atoms with Gasteiger partial charge in [-0.1, -0.05) is 31.9 Å². The third-order valence-corrected chi connectivity index (χ3v) is 1.43. The minimum absolute atomic E-state index is 0.921. The van der Waals surface area contributed by atoms with Crippen LogP contribution < -0.4 is 0 Å². The van der Waals surface area contributed by atoms with Crippen LogP contribution in [0.5, 0.6) is 0 Å². The van der Waals surface area contributed by atoms with Crippen molar-refractivity contribution in [1.29, 1.82) is 0 Å². The van der Waals surface area contributed by atoms with Crippen LogP contribution in [0.25, 0.3) is 0 Å². The van der Waals surface area contributed by atoms with Crippen LogP contribution in [0, 0.1) is 0 Å². The van der Waals surface area contributed by atoms with Gasteiger partial charge < -0.3 is 0 Å². The summed E-state index contributed by atoms with van der Waals surface area (Å²) in [5.41, 5.74) is 0. The first kappa shape index (κ1) is 4.23. The highest BCUT2D eigenvalue weighted by Crippen LogP contribution is 2.21. The Hall–Kier alpha value is 0.0649. The van der Waals surface area contributed by atoms with Crippen molar-refractivity contribution in [3.05, 3.63) is 0 Å². The molecule has 1 saturated heterocycles. The van der Waals surface area contributed by atoms with Gasteiger partial charge in [0.1, 0.15) is 7.28 Å². The summed E-state index contributed by atoms with van der Waals surface area (Å²) in [6.45, 7) is 2.28. The molecule has 0 aromatic heterocycles. The molecule has 1 heterocycles. The van der Waals surface area contributed by atoms with Crippen LogP contribution in [-0.4, -0.2) is 7.28 Å². The lowest BCUT2D eigenvalue weighted by atomic mass is 9.69. The summed E-state index contributed by atoms with van der Waals surface area (Å²) in [5.74, 6) is 0.921. The minimum atomic E-state index is 0.921. The van der Waals surface area contributed by atoms with E-state index < -0.39 is 0 Å². The monoisotopic (exact) mass is 81.1 g/mol. The van der Waals surface area contributed by atoms with Gasteiger partial charge in [0.25, 0.3) is 0 Å². The molecular formula is C5H10B. The largest absolute Gasteiger partial charge is 0.113 e. The van der Waals surface area contributed by atoms with Crippen molar-refractivity contribution in [1.82, 2.24) is 0 Å². The number of hydrogen-bond acceptors (Lipinski definition) is 0. The molecule has 0 nitrogen and oxygen atoms in total. The highest BCUT2D eigenvalue weighted by Gasteiger charge is 2.09. The van der Waals surface area contributed by atoms with E-state index in [1.807, 2.05) is 0 Å². The van der Waals surface area contributed by atoms with Crippen molar-refractivity contribution in [2.75, 3.05) is 0 Å². The summed E-state index contributed by atoms with van der Waals surface area (Å²) in [4.78, 5) is 0. The van der Waals surface area contributed by atoms with Gasteiger partial charge in [0.15, 0.2) is 0 Å². The predicted molar refractivity (Wildman–Crippen MR) is 29.2 cm³/mol. The zero-order valence-corrected chi connectivity index (χ0v) is 4.28. The van der Waals surface area contributed by atoms with Crippen LogP contribution in [0.2, 0.25) is 12.1 Å². The normalized spacial score (nSPS) is 33.2. The molecule has 0 bridgehead atoms. The van der Waals surface area contributed by atoms with E-state index in [0.717, 1.165) is 5.82 Å². The molecule has 1 atom stereocenters. The highest BCUT2D eigenvalue weighted by atomic mass is 14.0. The molecule has 0 aliphatic carbocycles. The molecule has 0 aromatic carbocycles. The van der Waals surface area contributed by atoms with Crippen LogP contribution in [0.3, 0.4) is 0 Å². The lowest BCUT2D eigenvalue weighted by Crippen LogP contribution is -1.83. The summed E-state index contributed by atoms with van der Waals surface area (Å²) in [6.07, 6.45) is 4.22. The Bertz CT molecular complexity index is 37.2. The number of rotatable bonds is 0. The van der Waals surface area contributed by atoms with Gasteiger partial charge in [0.2, 0.25) is 0 Å². The third kappa shape index (κ3) is 0.765. The Balaban J connectivity index is 2.18. The van der Waals surface area contributed by atoms with Gasteiger partial charge in [-0.2, -0.15) is 0 Å². The minimum Gasteiger partial charge on any atom is -0.0800 e. The van der Waals surface area contributed by atoms with E-state index in [9.17, 15) is 0 Å². The van der Waals surface area contributed by atoms with Crippen molar-refractivity contribution < 1.29 is 0 Å². The average Bonchev–Trinajstić information content (AvgIpc) is 1.86. The average molecular weight is 80.9 g/mol. The molecule has 1 aliphatic heterocycles. The first-order chi connectivity index (χ1) is 2.89. The topological polar surface area (TPSA) is 0 Å². The first-order valence-electron chi connectivity index (χ1n) is 2.73. The molecule has 33 valence electrons. The summed E-state index contributed by atoms with van der Waals surface area (Å²) in [6, 6.07) is 0. The van der Waals surface area contributed by atoms with Crippen LogP contribution in [0.15, 0.2) is 0 Å². The molecular weight excluding hydrogens is 70.9 g/mol. The molecule has 1 fully saturated rings. The smallest absolute Gasteiger partial charge is 0.0800 e. The molecule has 0 saturated carbocycles. The van der Waals surface area contributed by atoms with Crippen molar-refractivity contribution in [2.24, 2.45) is 0 Å². The molecule has 1 heteroatoms. The molecule has 1 aliphatic rings. The van der Waals surface area contributed by atoms with Crippen LogP contribution >= 0.6 is 0 Å². The van der Waals surface area contributed by atoms with Crippen molar-refractivity contribution in [2.45, 2.75) is 31.9 Å². The van der Waals surface area contributed by atoms with Gasteiger partial charge in [-0.15, -0.1) is 0 Å². The fourth-order valence-corrected chi connectivity index (χ4v) is 0.960. The lowest BCUT2D eigenvalue weighted by molar-refractivity contribution is 0.821. The molecule has 0 amide bonds.